The number of carbonyl (C=O) groups is 1. The Balaban J connectivity index is 1.73. The van der Waals surface area contributed by atoms with Gasteiger partial charge in [0.1, 0.15) is 11.0 Å². The van der Waals surface area contributed by atoms with Crippen LogP contribution in [0.3, 0.4) is 0 Å². The summed E-state index contributed by atoms with van der Waals surface area (Å²) >= 11 is 5.96. The molecule has 2 aromatic heterocycles. The summed E-state index contributed by atoms with van der Waals surface area (Å²) in [5, 5.41) is 2.03. The second-order valence-corrected chi connectivity index (χ2v) is 10.4. The van der Waals surface area contributed by atoms with Gasteiger partial charge in [-0.15, -0.1) is 0 Å². The number of aromatic nitrogens is 2. The van der Waals surface area contributed by atoms with Crippen molar-refractivity contribution in [1.82, 2.24) is 20.2 Å². The van der Waals surface area contributed by atoms with Crippen LogP contribution in [-0.4, -0.2) is 63.8 Å². The highest BCUT2D eigenvalue weighted by Gasteiger charge is 2.51. The summed E-state index contributed by atoms with van der Waals surface area (Å²) in [4.78, 5) is 33.4. The van der Waals surface area contributed by atoms with Gasteiger partial charge in [-0.3, -0.25) is 9.69 Å². The molecule has 0 aliphatic carbocycles. The number of aromatic amines is 1. The Kier molecular flexibility index (Phi) is 6.69. The minimum Gasteiger partial charge on any atom is -0.466 e. The molecule has 1 unspecified atom stereocenters. The number of amides is 1. The summed E-state index contributed by atoms with van der Waals surface area (Å²) in [5.74, 6) is -1.42. The standard InChI is InChI=1S/C23H28ClF3N4O4/c1-9-10(2)29-20(32)14-13(9)15(25)18(24)30-21(14)34-17(19(26)27)16-12-7-6-11(8-28-16)31(12)22(33)35-23(3,4)5/h11-12,16-17,19,28H,6-8H2,1-5H3,(H,29,32)/t11-,12+,16+,17?/m1/s1. The van der Waals surface area contributed by atoms with Gasteiger partial charge in [-0.2, -0.15) is 4.98 Å². The van der Waals surface area contributed by atoms with Gasteiger partial charge in [-0.25, -0.2) is 18.0 Å². The van der Waals surface area contributed by atoms with E-state index in [0.717, 1.165) is 0 Å². The van der Waals surface area contributed by atoms with Crippen LogP contribution in [0.2, 0.25) is 5.15 Å². The Labute approximate surface area is 205 Å². The zero-order valence-electron chi connectivity index (χ0n) is 20.0. The molecule has 8 nitrogen and oxygen atoms in total. The fraction of sp³-hybridized carbons (Fsp3) is 0.609. The van der Waals surface area contributed by atoms with Crippen LogP contribution in [0, 0.1) is 19.7 Å². The largest absolute Gasteiger partial charge is 0.466 e. The van der Waals surface area contributed by atoms with E-state index in [1.807, 2.05) is 0 Å². The van der Waals surface area contributed by atoms with E-state index >= 15 is 0 Å². The van der Waals surface area contributed by atoms with Crippen molar-refractivity contribution in [3.63, 3.8) is 0 Å². The molecule has 4 atom stereocenters. The molecule has 4 rings (SSSR count). The van der Waals surface area contributed by atoms with Crippen molar-refractivity contribution in [2.24, 2.45) is 0 Å². The molecule has 35 heavy (non-hydrogen) atoms. The van der Waals surface area contributed by atoms with Crippen molar-refractivity contribution in [2.75, 3.05) is 6.54 Å². The molecular formula is C23H28ClF3N4O4. The third-order valence-corrected chi connectivity index (χ3v) is 6.78. The molecule has 2 aliphatic rings. The number of ether oxygens (including phenoxy) is 2. The van der Waals surface area contributed by atoms with Crippen molar-refractivity contribution < 1.29 is 27.4 Å². The Morgan fingerprint density at radius 2 is 1.91 bits per heavy atom. The maximum Gasteiger partial charge on any atom is 0.410 e. The van der Waals surface area contributed by atoms with E-state index < -0.39 is 58.7 Å². The lowest BCUT2D eigenvalue weighted by Crippen LogP contribution is -2.65. The molecule has 2 aromatic rings. The smallest absolute Gasteiger partial charge is 0.410 e. The van der Waals surface area contributed by atoms with Crippen molar-refractivity contribution in [1.29, 1.82) is 0 Å². The predicted molar refractivity (Wildman–Crippen MR) is 124 cm³/mol. The van der Waals surface area contributed by atoms with Crippen LogP contribution in [0.25, 0.3) is 10.8 Å². The summed E-state index contributed by atoms with van der Waals surface area (Å²) in [6, 6.07) is -1.82. The number of fused-ring (bicyclic) bond motifs is 3. The minimum absolute atomic E-state index is 0.137. The monoisotopic (exact) mass is 516 g/mol. The number of rotatable bonds is 4. The molecule has 0 spiro atoms. The third kappa shape index (κ3) is 4.67. The SMILES string of the molecule is Cc1[nH]c(=O)c2c(OC(C(F)F)[C@H]3NC[C@H]4CC[C@@H]3N4C(=O)OC(C)(C)C)nc(Cl)c(F)c2c1C. The first-order valence-electron chi connectivity index (χ1n) is 11.4. The Bertz CT molecular complexity index is 1210. The molecule has 0 radical (unpaired) electrons. The fourth-order valence-corrected chi connectivity index (χ4v) is 5.07. The van der Waals surface area contributed by atoms with Crippen molar-refractivity contribution >= 4 is 28.5 Å². The van der Waals surface area contributed by atoms with Gasteiger partial charge >= 0.3 is 6.09 Å². The second kappa shape index (κ2) is 9.16. The number of alkyl halides is 2. The van der Waals surface area contributed by atoms with Crippen LogP contribution >= 0.6 is 11.6 Å². The normalized spacial score (nSPS) is 23.1. The Morgan fingerprint density at radius 3 is 2.54 bits per heavy atom. The number of piperazine rings is 1. The number of hydrogen-bond acceptors (Lipinski definition) is 6. The van der Waals surface area contributed by atoms with Gasteiger partial charge in [-0.05, 0) is 53.0 Å². The van der Waals surface area contributed by atoms with Crippen LogP contribution in [0.15, 0.2) is 4.79 Å². The number of carbonyl (C=O) groups excluding carboxylic acids is 1. The lowest BCUT2D eigenvalue weighted by Gasteiger charge is -2.43. The van der Waals surface area contributed by atoms with E-state index in [4.69, 9.17) is 21.1 Å². The van der Waals surface area contributed by atoms with Gasteiger partial charge in [0.15, 0.2) is 17.1 Å². The van der Waals surface area contributed by atoms with Crippen LogP contribution in [0.4, 0.5) is 18.0 Å². The molecule has 2 aliphatic heterocycles. The first kappa shape index (κ1) is 25.6. The summed E-state index contributed by atoms with van der Waals surface area (Å²) in [5.41, 5.74) is -0.702. The number of aryl methyl sites for hydroxylation is 2. The average molecular weight is 517 g/mol. The molecule has 2 fully saturated rings. The third-order valence-electron chi connectivity index (χ3n) is 6.53. The van der Waals surface area contributed by atoms with E-state index in [0.29, 0.717) is 24.1 Å². The lowest BCUT2D eigenvalue weighted by molar-refractivity contribution is -0.0470. The highest BCUT2D eigenvalue weighted by atomic mass is 35.5. The molecule has 0 aromatic carbocycles. The Morgan fingerprint density at radius 1 is 1.23 bits per heavy atom. The molecule has 2 N–H and O–H groups in total. The van der Waals surface area contributed by atoms with Gasteiger partial charge < -0.3 is 19.8 Å². The highest BCUT2D eigenvalue weighted by molar-refractivity contribution is 6.30. The van der Waals surface area contributed by atoms with Crippen LogP contribution in [0.1, 0.15) is 44.9 Å². The van der Waals surface area contributed by atoms with Crippen LogP contribution < -0.4 is 15.6 Å². The summed E-state index contributed by atoms with van der Waals surface area (Å²) in [7, 11) is 0. The van der Waals surface area contributed by atoms with E-state index in [2.05, 4.69) is 15.3 Å². The van der Waals surface area contributed by atoms with Crippen molar-refractivity contribution in [3.8, 4) is 5.88 Å². The topological polar surface area (TPSA) is 96.6 Å². The van der Waals surface area contributed by atoms with Crippen LogP contribution in [-0.2, 0) is 4.74 Å². The lowest BCUT2D eigenvalue weighted by atomic mass is 9.99. The van der Waals surface area contributed by atoms with E-state index in [1.54, 1.807) is 34.6 Å². The minimum atomic E-state index is -3.02. The quantitative estimate of drug-likeness (QED) is 0.594. The van der Waals surface area contributed by atoms with Crippen LogP contribution in [0.5, 0.6) is 5.88 Å². The number of pyridine rings is 2. The van der Waals surface area contributed by atoms with Gasteiger partial charge in [-0.1, -0.05) is 11.6 Å². The average Bonchev–Trinajstić information content (AvgIpc) is 3.05. The van der Waals surface area contributed by atoms with Gasteiger partial charge in [0.25, 0.3) is 12.0 Å². The van der Waals surface area contributed by atoms with Gasteiger partial charge in [0.05, 0.1) is 12.1 Å². The summed E-state index contributed by atoms with van der Waals surface area (Å²) in [6.07, 6.45) is -4.32. The first-order chi connectivity index (χ1) is 16.3. The molecular weight excluding hydrogens is 489 g/mol. The molecule has 192 valence electrons. The predicted octanol–water partition coefficient (Wildman–Crippen LogP) is 4.08. The second-order valence-electron chi connectivity index (χ2n) is 10.0. The number of hydrogen-bond donors (Lipinski definition) is 2. The van der Waals surface area contributed by atoms with Gasteiger partial charge in [0, 0.05) is 23.7 Å². The molecule has 12 heteroatoms. The number of nitrogens with zero attached hydrogens (tertiary/aromatic N) is 2. The zero-order chi connectivity index (χ0) is 25.8. The molecule has 1 amide bonds. The molecule has 2 saturated heterocycles. The molecule has 2 bridgehead atoms. The summed E-state index contributed by atoms with van der Waals surface area (Å²) < 4.78 is 54.8. The number of H-pyrrole nitrogens is 1. The van der Waals surface area contributed by atoms with E-state index in [9.17, 15) is 22.8 Å². The zero-order valence-corrected chi connectivity index (χ0v) is 20.8. The van der Waals surface area contributed by atoms with E-state index in [1.165, 1.54) is 4.90 Å². The number of halogens is 4. The highest BCUT2D eigenvalue weighted by Crippen LogP contribution is 2.36. The summed E-state index contributed by atoms with van der Waals surface area (Å²) in [6.45, 7) is 8.61. The molecule has 0 saturated carbocycles. The van der Waals surface area contributed by atoms with Crippen molar-refractivity contribution in [3.05, 3.63) is 32.6 Å². The Hall–Kier alpha value is -2.53. The maximum absolute atomic E-state index is 14.8. The first-order valence-corrected chi connectivity index (χ1v) is 11.8. The molecule has 4 heterocycles. The van der Waals surface area contributed by atoms with Crippen molar-refractivity contribution in [2.45, 2.75) is 83.7 Å². The van der Waals surface area contributed by atoms with E-state index in [-0.39, 0.29) is 23.4 Å². The van der Waals surface area contributed by atoms with Gasteiger partial charge in [0.2, 0.25) is 5.88 Å². The fourth-order valence-electron chi connectivity index (χ4n) is 4.89. The maximum atomic E-state index is 14.8. The number of nitrogens with one attached hydrogen (secondary N) is 2.